The third kappa shape index (κ3) is 2.60. The SMILES string of the molecule is CC(=O)OC1C(N)(N)CC1(NC(=O)O)NC(=O)O. The van der Waals surface area contributed by atoms with Crippen molar-refractivity contribution in [2.24, 2.45) is 11.5 Å². The van der Waals surface area contributed by atoms with Crippen LogP contribution < -0.4 is 22.1 Å². The molecule has 2 amide bonds. The molecular weight excluding hydrogens is 248 g/mol. The summed E-state index contributed by atoms with van der Waals surface area (Å²) in [6, 6.07) is 0. The molecule has 102 valence electrons. The predicted octanol–water partition coefficient (Wildman–Crippen LogP) is -1.83. The molecule has 10 heteroatoms. The van der Waals surface area contributed by atoms with E-state index in [2.05, 4.69) is 0 Å². The van der Waals surface area contributed by atoms with E-state index in [4.69, 9.17) is 26.4 Å². The van der Waals surface area contributed by atoms with Gasteiger partial charge in [0, 0.05) is 13.3 Å². The number of rotatable bonds is 3. The maximum atomic E-state index is 10.9. The highest BCUT2D eigenvalue weighted by molar-refractivity contribution is 5.72. The van der Waals surface area contributed by atoms with Gasteiger partial charge in [-0.15, -0.1) is 0 Å². The van der Waals surface area contributed by atoms with Gasteiger partial charge in [-0.2, -0.15) is 0 Å². The van der Waals surface area contributed by atoms with Crippen molar-refractivity contribution in [3.8, 4) is 0 Å². The minimum absolute atomic E-state index is 0.253. The third-order valence-corrected chi connectivity index (χ3v) is 2.46. The summed E-state index contributed by atoms with van der Waals surface area (Å²) in [6.45, 7) is 1.07. The van der Waals surface area contributed by atoms with E-state index in [-0.39, 0.29) is 6.42 Å². The molecule has 1 aliphatic carbocycles. The summed E-state index contributed by atoms with van der Waals surface area (Å²) in [6.07, 6.45) is -4.60. The summed E-state index contributed by atoms with van der Waals surface area (Å²) in [7, 11) is 0. The topological polar surface area (TPSA) is 177 Å². The molecule has 0 aromatic rings. The van der Waals surface area contributed by atoms with Gasteiger partial charge in [0.2, 0.25) is 0 Å². The first kappa shape index (κ1) is 14.0. The van der Waals surface area contributed by atoms with Gasteiger partial charge in [0.25, 0.3) is 0 Å². The van der Waals surface area contributed by atoms with E-state index in [0.29, 0.717) is 0 Å². The molecule has 0 spiro atoms. The average molecular weight is 262 g/mol. The van der Waals surface area contributed by atoms with Crippen LogP contribution in [0.2, 0.25) is 0 Å². The van der Waals surface area contributed by atoms with Gasteiger partial charge in [-0.05, 0) is 0 Å². The van der Waals surface area contributed by atoms with E-state index in [9.17, 15) is 14.4 Å². The number of carboxylic acid groups (broad SMARTS) is 2. The molecule has 0 aromatic carbocycles. The van der Waals surface area contributed by atoms with Crippen molar-refractivity contribution in [2.45, 2.75) is 30.8 Å². The molecule has 0 heterocycles. The molecule has 8 N–H and O–H groups in total. The van der Waals surface area contributed by atoms with E-state index < -0.39 is 35.6 Å². The van der Waals surface area contributed by atoms with Crippen molar-refractivity contribution in [2.75, 3.05) is 0 Å². The third-order valence-electron chi connectivity index (χ3n) is 2.46. The first-order valence-electron chi connectivity index (χ1n) is 4.86. The monoisotopic (exact) mass is 262 g/mol. The fourth-order valence-corrected chi connectivity index (χ4v) is 2.00. The molecule has 1 saturated carbocycles. The minimum atomic E-state index is -1.74. The second-order valence-electron chi connectivity index (χ2n) is 4.11. The van der Waals surface area contributed by atoms with Crippen molar-refractivity contribution in [1.82, 2.24) is 10.6 Å². The highest BCUT2D eigenvalue weighted by atomic mass is 16.6. The minimum Gasteiger partial charge on any atom is -0.465 e. The second-order valence-corrected chi connectivity index (χ2v) is 4.11. The summed E-state index contributed by atoms with van der Waals surface area (Å²) >= 11 is 0. The van der Waals surface area contributed by atoms with Crippen LogP contribution in [0.4, 0.5) is 9.59 Å². The Morgan fingerprint density at radius 3 is 1.94 bits per heavy atom. The van der Waals surface area contributed by atoms with Gasteiger partial charge >= 0.3 is 18.2 Å². The van der Waals surface area contributed by atoms with Crippen molar-refractivity contribution in [1.29, 1.82) is 0 Å². The Bertz CT molecular complexity index is 379. The number of nitrogens with two attached hydrogens (primary N) is 2. The number of amides is 2. The number of hydrogen-bond acceptors (Lipinski definition) is 6. The Balaban J connectivity index is 2.99. The summed E-state index contributed by atoms with van der Waals surface area (Å²) in [5.41, 5.74) is 7.89. The maximum Gasteiger partial charge on any atom is 0.406 e. The Labute approximate surface area is 101 Å². The molecule has 1 fully saturated rings. The molecule has 1 aliphatic rings. The molecule has 1 unspecified atom stereocenters. The van der Waals surface area contributed by atoms with Crippen LogP contribution in [0.15, 0.2) is 0 Å². The predicted molar refractivity (Wildman–Crippen MR) is 56.3 cm³/mol. The van der Waals surface area contributed by atoms with Crippen molar-refractivity contribution in [3.63, 3.8) is 0 Å². The van der Waals surface area contributed by atoms with Gasteiger partial charge in [0.05, 0.1) is 0 Å². The average Bonchev–Trinajstić information content (AvgIpc) is 2.10. The molecule has 0 bridgehead atoms. The van der Waals surface area contributed by atoms with E-state index in [1.54, 1.807) is 0 Å². The van der Waals surface area contributed by atoms with E-state index in [1.165, 1.54) is 0 Å². The summed E-state index contributed by atoms with van der Waals surface area (Å²) in [5, 5.41) is 21.2. The van der Waals surface area contributed by atoms with Gasteiger partial charge in [0.15, 0.2) is 11.8 Å². The van der Waals surface area contributed by atoms with Crippen LogP contribution in [-0.2, 0) is 9.53 Å². The molecule has 0 aromatic heterocycles. The quantitative estimate of drug-likeness (QED) is 0.254. The van der Waals surface area contributed by atoms with E-state index in [1.807, 2.05) is 10.6 Å². The van der Waals surface area contributed by atoms with Gasteiger partial charge < -0.3 is 26.4 Å². The lowest BCUT2D eigenvalue weighted by atomic mass is 9.71. The number of carbonyl (C=O) groups excluding carboxylic acids is 1. The number of ether oxygens (including phenoxy) is 1. The molecular formula is C8H14N4O6. The van der Waals surface area contributed by atoms with Gasteiger partial charge in [0.1, 0.15) is 5.66 Å². The van der Waals surface area contributed by atoms with Crippen LogP contribution in [0, 0.1) is 0 Å². The fourth-order valence-electron chi connectivity index (χ4n) is 2.00. The molecule has 18 heavy (non-hydrogen) atoms. The summed E-state index contributed by atoms with van der Waals surface area (Å²) in [5.74, 6) is -0.760. The Kier molecular flexibility index (Phi) is 3.35. The maximum absolute atomic E-state index is 10.9. The van der Waals surface area contributed by atoms with Crippen molar-refractivity contribution >= 4 is 18.2 Å². The Morgan fingerprint density at radius 1 is 1.22 bits per heavy atom. The van der Waals surface area contributed by atoms with E-state index in [0.717, 1.165) is 6.92 Å². The summed E-state index contributed by atoms with van der Waals surface area (Å²) < 4.78 is 4.78. The van der Waals surface area contributed by atoms with Crippen LogP contribution in [-0.4, -0.2) is 45.8 Å². The molecule has 0 saturated heterocycles. The van der Waals surface area contributed by atoms with Gasteiger partial charge in [-0.25, -0.2) is 9.59 Å². The summed E-state index contributed by atoms with van der Waals surface area (Å²) in [4.78, 5) is 32.2. The molecule has 0 aliphatic heterocycles. The van der Waals surface area contributed by atoms with Crippen LogP contribution >= 0.6 is 0 Å². The number of hydrogen-bond donors (Lipinski definition) is 6. The molecule has 0 radical (unpaired) electrons. The fraction of sp³-hybridized carbons (Fsp3) is 0.625. The highest BCUT2D eigenvalue weighted by Gasteiger charge is 2.65. The first-order chi connectivity index (χ1) is 8.09. The normalized spacial score (nSPS) is 23.4. The standard InChI is InChI=1S/C8H14N4O6/c1-3(13)18-4-7(9,10)2-8(4,11-5(14)15)12-6(16)17/h4,11-12H,2,9-10H2,1H3,(H,14,15)(H,16,17). The highest BCUT2D eigenvalue weighted by Crippen LogP contribution is 2.37. The zero-order valence-electron chi connectivity index (χ0n) is 9.47. The Hall–Kier alpha value is -2.07. The number of carbonyl (C=O) groups is 3. The molecule has 10 nitrogen and oxygen atoms in total. The first-order valence-corrected chi connectivity index (χ1v) is 4.86. The molecule has 1 rings (SSSR count). The lowest BCUT2D eigenvalue weighted by Gasteiger charge is -2.56. The smallest absolute Gasteiger partial charge is 0.406 e. The molecule has 1 atom stereocenters. The largest absolute Gasteiger partial charge is 0.465 e. The zero-order chi connectivity index (χ0) is 14.1. The zero-order valence-corrected chi connectivity index (χ0v) is 9.47. The number of nitrogens with one attached hydrogen (secondary N) is 2. The van der Waals surface area contributed by atoms with Crippen LogP contribution in [0.25, 0.3) is 0 Å². The lowest BCUT2D eigenvalue weighted by Crippen LogP contribution is -2.88. The van der Waals surface area contributed by atoms with E-state index >= 15 is 0 Å². The van der Waals surface area contributed by atoms with Gasteiger partial charge in [-0.1, -0.05) is 0 Å². The van der Waals surface area contributed by atoms with Crippen molar-refractivity contribution < 1.29 is 29.3 Å². The number of esters is 1. The van der Waals surface area contributed by atoms with Crippen LogP contribution in [0.5, 0.6) is 0 Å². The van der Waals surface area contributed by atoms with Gasteiger partial charge in [-0.3, -0.25) is 15.4 Å². The van der Waals surface area contributed by atoms with Crippen LogP contribution in [0.3, 0.4) is 0 Å². The second kappa shape index (κ2) is 4.31. The Morgan fingerprint density at radius 2 is 1.67 bits per heavy atom. The lowest BCUT2D eigenvalue weighted by molar-refractivity contribution is -0.176. The van der Waals surface area contributed by atoms with Crippen molar-refractivity contribution in [3.05, 3.63) is 0 Å². The van der Waals surface area contributed by atoms with Crippen LogP contribution in [0.1, 0.15) is 13.3 Å².